The summed E-state index contributed by atoms with van der Waals surface area (Å²) in [5, 5.41) is 21.3. The van der Waals surface area contributed by atoms with Crippen molar-refractivity contribution in [1.82, 2.24) is 10.2 Å². The van der Waals surface area contributed by atoms with Crippen molar-refractivity contribution in [2.45, 2.75) is 31.8 Å². The van der Waals surface area contributed by atoms with Crippen LogP contribution in [0.3, 0.4) is 0 Å². The molecule has 1 aliphatic heterocycles. The van der Waals surface area contributed by atoms with Crippen LogP contribution in [-0.2, 0) is 0 Å². The summed E-state index contributed by atoms with van der Waals surface area (Å²) in [4.78, 5) is 13.2. The minimum Gasteiger partial charge on any atom is -0.415 e. The molecule has 0 radical (unpaired) electrons. The first-order valence-electron chi connectivity index (χ1n) is 8.60. The van der Waals surface area contributed by atoms with Gasteiger partial charge in [0.2, 0.25) is 5.89 Å². The number of rotatable bonds is 5. The van der Waals surface area contributed by atoms with E-state index in [1.807, 2.05) is 0 Å². The molecule has 3 atom stereocenters. The number of nitrogens with one attached hydrogen (secondary N) is 1. The Morgan fingerprint density at radius 1 is 1.31 bits per heavy atom. The zero-order valence-electron chi connectivity index (χ0n) is 14.3. The van der Waals surface area contributed by atoms with Crippen molar-refractivity contribution < 1.29 is 14.2 Å². The second-order valence-electron chi connectivity index (χ2n) is 6.51. The van der Waals surface area contributed by atoms with Crippen LogP contribution >= 0.6 is 11.3 Å². The maximum absolute atomic E-state index is 10.8. The molecule has 4 rings (SSSR count). The first-order valence-corrected chi connectivity index (χ1v) is 9.48. The highest BCUT2D eigenvalue weighted by molar-refractivity contribution is 7.10. The van der Waals surface area contributed by atoms with Gasteiger partial charge < -0.3 is 9.32 Å². The van der Waals surface area contributed by atoms with Gasteiger partial charge in [-0.1, -0.05) is 6.07 Å². The molecule has 0 aliphatic carbocycles. The molecule has 1 saturated heterocycles. The molecule has 1 N–H and O–H groups in total. The molecule has 7 nitrogen and oxygen atoms in total. The first kappa shape index (κ1) is 16.9. The van der Waals surface area contributed by atoms with Crippen molar-refractivity contribution in [1.29, 1.82) is 0 Å². The van der Waals surface area contributed by atoms with E-state index in [4.69, 9.17) is 4.42 Å². The highest BCUT2D eigenvalue weighted by Gasteiger charge is 2.37. The molecule has 1 aromatic carbocycles. The van der Waals surface area contributed by atoms with Gasteiger partial charge in [0, 0.05) is 30.5 Å². The molecule has 0 saturated carbocycles. The van der Waals surface area contributed by atoms with Gasteiger partial charge in [0.1, 0.15) is 6.04 Å². The van der Waals surface area contributed by atoms with E-state index < -0.39 is 4.92 Å². The Hall–Kier alpha value is -2.58. The number of aromatic nitrogens is 2. The molecule has 26 heavy (non-hydrogen) atoms. The summed E-state index contributed by atoms with van der Waals surface area (Å²) in [7, 11) is 0. The number of non-ortho nitro benzene ring substituents is 1. The molecule has 8 heteroatoms. The molecule has 0 bridgehead atoms. The number of thiophene rings is 1. The SMILES string of the molecule is C[C@@H](c1nnc(-c2ccc([N+](=O)[O-])cc2)o1)[NH+]1CCC[C@@H]1c1cccs1. The summed E-state index contributed by atoms with van der Waals surface area (Å²) >= 11 is 1.80. The van der Waals surface area contributed by atoms with Gasteiger partial charge in [-0.25, -0.2) is 0 Å². The summed E-state index contributed by atoms with van der Waals surface area (Å²) in [5.41, 5.74) is 0.731. The van der Waals surface area contributed by atoms with E-state index in [1.54, 1.807) is 23.5 Å². The van der Waals surface area contributed by atoms with Crippen LogP contribution in [0.1, 0.15) is 42.6 Å². The van der Waals surface area contributed by atoms with Crippen molar-refractivity contribution in [3.8, 4) is 11.5 Å². The highest BCUT2D eigenvalue weighted by Crippen LogP contribution is 2.27. The first-order chi connectivity index (χ1) is 12.6. The van der Waals surface area contributed by atoms with Gasteiger partial charge in [-0.15, -0.1) is 21.5 Å². The lowest BCUT2D eigenvalue weighted by molar-refractivity contribution is -0.948. The number of hydrogen-bond acceptors (Lipinski definition) is 6. The molecule has 0 spiro atoms. The van der Waals surface area contributed by atoms with E-state index in [-0.39, 0.29) is 11.7 Å². The fourth-order valence-electron chi connectivity index (χ4n) is 3.61. The average Bonchev–Trinajstić information content (AvgIpc) is 3.41. The maximum atomic E-state index is 10.8. The molecule has 1 unspecified atom stereocenters. The smallest absolute Gasteiger partial charge is 0.274 e. The lowest BCUT2D eigenvalue weighted by Gasteiger charge is -2.24. The Bertz CT molecular complexity index is 892. The van der Waals surface area contributed by atoms with Gasteiger partial charge in [-0.2, -0.15) is 0 Å². The van der Waals surface area contributed by atoms with Gasteiger partial charge >= 0.3 is 0 Å². The predicted octanol–water partition coefficient (Wildman–Crippen LogP) is 3.19. The van der Waals surface area contributed by atoms with Crippen LogP contribution < -0.4 is 4.90 Å². The van der Waals surface area contributed by atoms with Gasteiger partial charge in [0.05, 0.1) is 16.3 Å². The largest absolute Gasteiger partial charge is 0.415 e. The molecule has 3 aromatic rings. The van der Waals surface area contributed by atoms with Gasteiger partial charge in [-0.05, 0) is 30.5 Å². The lowest BCUT2D eigenvalue weighted by Crippen LogP contribution is -3.10. The molecule has 1 fully saturated rings. The molecular weight excluding hydrogens is 352 g/mol. The van der Waals surface area contributed by atoms with Crippen LogP contribution in [-0.4, -0.2) is 21.7 Å². The molecule has 1 aliphatic rings. The normalized spacial score (nSPS) is 21.0. The third kappa shape index (κ3) is 3.13. The summed E-state index contributed by atoms with van der Waals surface area (Å²) in [6, 6.07) is 11.0. The molecule has 2 aromatic heterocycles. The monoisotopic (exact) mass is 371 g/mol. The van der Waals surface area contributed by atoms with Crippen LogP contribution in [0.25, 0.3) is 11.5 Å². The number of likely N-dealkylation sites (tertiary alicyclic amines) is 1. The van der Waals surface area contributed by atoms with Crippen molar-refractivity contribution >= 4 is 17.0 Å². The van der Waals surface area contributed by atoms with Gasteiger partial charge in [0.25, 0.3) is 11.6 Å². The molecular formula is C18H19N4O3S+. The van der Waals surface area contributed by atoms with E-state index in [2.05, 4.69) is 34.6 Å². The summed E-state index contributed by atoms with van der Waals surface area (Å²) < 4.78 is 5.90. The summed E-state index contributed by atoms with van der Waals surface area (Å²) in [6.07, 6.45) is 2.36. The van der Waals surface area contributed by atoms with Crippen molar-refractivity contribution in [3.63, 3.8) is 0 Å². The van der Waals surface area contributed by atoms with Crippen LogP contribution in [0, 0.1) is 10.1 Å². The number of nitro groups is 1. The Morgan fingerprint density at radius 2 is 2.12 bits per heavy atom. The second-order valence-corrected chi connectivity index (χ2v) is 7.49. The van der Waals surface area contributed by atoms with Crippen LogP contribution in [0.5, 0.6) is 0 Å². The molecule has 0 amide bonds. The lowest BCUT2D eigenvalue weighted by atomic mass is 10.1. The van der Waals surface area contributed by atoms with Gasteiger partial charge in [-0.3, -0.25) is 10.1 Å². The topological polar surface area (TPSA) is 86.5 Å². The molecule has 3 heterocycles. The van der Waals surface area contributed by atoms with E-state index in [0.29, 0.717) is 23.4 Å². The fourth-order valence-corrected chi connectivity index (χ4v) is 4.52. The highest BCUT2D eigenvalue weighted by atomic mass is 32.1. The van der Waals surface area contributed by atoms with E-state index >= 15 is 0 Å². The number of quaternary nitrogens is 1. The minimum absolute atomic E-state index is 0.0437. The second kappa shape index (κ2) is 6.97. The van der Waals surface area contributed by atoms with E-state index in [0.717, 1.165) is 6.54 Å². The summed E-state index contributed by atoms with van der Waals surface area (Å²) in [5.74, 6) is 1.00. The zero-order valence-corrected chi connectivity index (χ0v) is 15.1. The Labute approximate surface area is 154 Å². The van der Waals surface area contributed by atoms with E-state index in [1.165, 1.54) is 34.8 Å². The Morgan fingerprint density at radius 3 is 2.81 bits per heavy atom. The third-order valence-electron chi connectivity index (χ3n) is 4.98. The van der Waals surface area contributed by atoms with Crippen LogP contribution in [0.4, 0.5) is 5.69 Å². The van der Waals surface area contributed by atoms with Gasteiger partial charge in [0.15, 0.2) is 6.04 Å². The molecule has 134 valence electrons. The minimum atomic E-state index is -0.424. The number of nitro benzene ring substituents is 1. The van der Waals surface area contributed by atoms with Crippen molar-refractivity contribution in [2.75, 3.05) is 6.54 Å². The van der Waals surface area contributed by atoms with E-state index in [9.17, 15) is 10.1 Å². The maximum Gasteiger partial charge on any atom is 0.274 e. The Kier molecular flexibility index (Phi) is 4.52. The number of benzene rings is 1. The fraction of sp³-hybridized carbons (Fsp3) is 0.333. The third-order valence-corrected chi connectivity index (χ3v) is 5.97. The summed E-state index contributed by atoms with van der Waals surface area (Å²) in [6.45, 7) is 3.20. The van der Waals surface area contributed by atoms with Crippen LogP contribution in [0.2, 0.25) is 0 Å². The standard InChI is InChI=1S/C18H18N4O3S/c1-12(21-10-2-4-15(21)16-5-3-11-26-16)17-19-20-18(25-17)13-6-8-14(9-7-13)22(23)24/h3,5-9,11-12,15H,2,4,10H2,1H3/p+1/t12-,15+/m0/s1. The number of hydrogen-bond donors (Lipinski definition) is 1. The van der Waals surface area contributed by atoms with Crippen molar-refractivity contribution in [3.05, 3.63) is 62.7 Å². The predicted molar refractivity (Wildman–Crippen MR) is 96.9 cm³/mol. The quantitative estimate of drug-likeness (QED) is 0.550. The number of nitrogens with zero attached hydrogens (tertiary/aromatic N) is 3. The van der Waals surface area contributed by atoms with Crippen molar-refractivity contribution in [2.24, 2.45) is 0 Å². The zero-order chi connectivity index (χ0) is 18.1. The van der Waals surface area contributed by atoms with Crippen LogP contribution in [0.15, 0.2) is 46.2 Å². The Balaban J connectivity index is 1.54. The average molecular weight is 371 g/mol.